The number of halogens is 4. The number of nitrogens with one attached hydrogen (secondary N) is 1. The summed E-state index contributed by atoms with van der Waals surface area (Å²) < 4.78 is 82.1. The molecule has 5 rings (SSSR count). The van der Waals surface area contributed by atoms with Crippen LogP contribution < -0.4 is 4.72 Å². The lowest BCUT2D eigenvalue weighted by Gasteiger charge is -2.54. The van der Waals surface area contributed by atoms with Crippen LogP contribution in [-0.4, -0.2) is 29.8 Å². The fraction of sp³-hybridized carbons (Fsp3) is 0.375. The zero-order chi connectivity index (χ0) is 24.1. The predicted octanol–water partition coefficient (Wildman–Crippen LogP) is 5.85. The van der Waals surface area contributed by atoms with Crippen molar-refractivity contribution < 1.29 is 26.0 Å². The van der Waals surface area contributed by atoms with Crippen molar-refractivity contribution in [1.82, 2.24) is 9.29 Å². The van der Waals surface area contributed by atoms with Gasteiger partial charge >= 0.3 is 16.4 Å². The first-order valence-electron chi connectivity index (χ1n) is 11.1. The molecule has 10 heteroatoms. The third-order valence-corrected chi connectivity index (χ3v) is 8.80. The largest absolute Gasteiger partial charge is 0.416 e. The van der Waals surface area contributed by atoms with Crippen LogP contribution in [0.5, 0.6) is 0 Å². The molecular formula is C24H23F4N3O2S. The van der Waals surface area contributed by atoms with Crippen LogP contribution in [0.3, 0.4) is 0 Å². The molecule has 0 unspecified atom stereocenters. The number of benzene rings is 2. The van der Waals surface area contributed by atoms with Gasteiger partial charge in [-0.05, 0) is 92.1 Å². The highest BCUT2D eigenvalue weighted by Crippen LogP contribution is 2.49. The zero-order valence-electron chi connectivity index (χ0n) is 18.1. The van der Waals surface area contributed by atoms with E-state index in [1.165, 1.54) is 16.4 Å². The van der Waals surface area contributed by atoms with Gasteiger partial charge in [-0.2, -0.15) is 25.9 Å². The number of aromatic nitrogens is 1. The van der Waals surface area contributed by atoms with E-state index in [9.17, 15) is 26.0 Å². The van der Waals surface area contributed by atoms with Gasteiger partial charge in [-0.3, -0.25) is 9.71 Å². The Kier molecular flexibility index (Phi) is 5.55. The Bertz CT molecular complexity index is 1320. The number of anilines is 1. The number of fused-ring (bicyclic) bond motifs is 1. The molecule has 0 bridgehead atoms. The van der Waals surface area contributed by atoms with Crippen molar-refractivity contribution >= 4 is 26.8 Å². The molecule has 2 aromatic carbocycles. The second kappa shape index (κ2) is 8.20. The average molecular weight is 494 g/mol. The van der Waals surface area contributed by atoms with E-state index in [1.807, 2.05) is 6.07 Å². The van der Waals surface area contributed by atoms with Crippen LogP contribution >= 0.6 is 0 Å². The van der Waals surface area contributed by atoms with Crippen molar-refractivity contribution in [2.24, 2.45) is 0 Å². The summed E-state index contributed by atoms with van der Waals surface area (Å²) in [7, 11) is -3.91. The Balaban J connectivity index is 1.30. The molecule has 1 N–H and O–H groups in total. The predicted molar refractivity (Wildman–Crippen MR) is 121 cm³/mol. The number of hydrogen-bond acceptors (Lipinski definition) is 3. The summed E-state index contributed by atoms with van der Waals surface area (Å²) in [5.74, 6) is -0.148. The summed E-state index contributed by atoms with van der Waals surface area (Å²) in [5.41, 5.74) is 0.512. The molecule has 180 valence electrons. The highest BCUT2D eigenvalue weighted by molar-refractivity contribution is 7.90. The number of alkyl halides is 3. The van der Waals surface area contributed by atoms with Gasteiger partial charge in [-0.15, -0.1) is 0 Å². The third kappa shape index (κ3) is 4.13. The maximum Gasteiger partial charge on any atom is 0.416 e. The fourth-order valence-corrected chi connectivity index (χ4v) is 6.95. The molecule has 1 aliphatic carbocycles. The van der Waals surface area contributed by atoms with E-state index in [-0.39, 0.29) is 17.4 Å². The molecule has 2 fully saturated rings. The van der Waals surface area contributed by atoms with Gasteiger partial charge < -0.3 is 0 Å². The molecular weight excluding hydrogens is 470 g/mol. The average Bonchev–Trinajstić information content (AvgIpc) is 2.77. The molecule has 0 atom stereocenters. The van der Waals surface area contributed by atoms with Gasteiger partial charge in [0.15, 0.2) is 0 Å². The molecule has 34 heavy (non-hydrogen) atoms. The second-order valence-corrected chi connectivity index (χ2v) is 10.7. The minimum atomic E-state index is -4.48. The molecule has 1 spiro atoms. The monoisotopic (exact) mass is 493 g/mol. The Morgan fingerprint density at radius 2 is 1.71 bits per heavy atom. The Labute approximate surface area is 195 Å². The first-order chi connectivity index (χ1) is 16.1. The molecule has 1 aromatic heterocycles. The molecule has 0 amide bonds. The van der Waals surface area contributed by atoms with E-state index in [1.54, 1.807) is 12.3 Å². The lowest BCUT2D eigenvalue weighted by Crippen LogP contribution is -2.64. The quantitative estimate of drug-likeness (QED) is 0.464. The van der Waals surface area contributed by atoms with E-state index < -0.39 is 27.5 Å². The summed E-state index contributed by atoms with van der Waals surface area (Å²) in [5, 5.41) is 0.783. The van der Waals surface area contributed by atoms with Gasteiger partial charge in [0.2, 0.25) is 0 Å². The third-order valence-electron chi connectivity index (χ3n) is 7.15. The lowest BCUT2D eigenvalue weighted by molar-refractivity contribution is -0.137. The summed E-state index contributed by atoms with van der Waals surface area (Å²) >= 11 is 0. The van der Waals surface area contributed by atoms with Crippen LogP contribution in [0.25, 0.3) is 10.9 Å². The first kappa shape index (κ1) is 23.0. The Morgan fingerprint density at radius 1 is 1.00 bits per heavy atom. The SMILES string of the molecule is O=S(=O)(Nc1ccc(C(F)(F)F)cc1)N1CCC12CCC(c1ccnc3ccc(F)cc13)CC2. The standard InChI is InChI=1S/C24H23F4N3O2S/c25-18-3-6-22-21(15-18)20(9-13-29-22)16-7-10-23(11-8-16)12-14-31(23)34(32,33)30-19-4-1-17(2-5-19)24(26,27)28/h1-6,9,13,15-16,30H,7-8,10-12,14H2. The number of pyridine rings is 1. The summed E-state index contributed by atoms with van der Waals surface area (Å²) in [6, 6.07) is 10.4. The van der Waals surface area contributed by atoms with E-state index >= 15 is 0 Å². The summed E-state index contributed by atoms with van der Waals surface area (Å²) in [4.78, 5) is 4.31. The van der Waals surface area contributed by atoms with Gasteiger partial charge in [-0.25, -0.2) is 4.39 Å². The normalized spacial score (nSPS) is 23.7. The molecule has 0 radical (unpaired) electrons. The van der Waals surface area contributed by atoms with Gasteiger partial charge in [0.1, 0.15) is 5.82 Å². The maximum absolute atomic E-state index is 13.8. The molecule has 1 aliphatic heterocycles. The van der Waals surface area contributed by atoms with E-state index in [0.29, 0.717) is 19.4 Å². The van der Waals surface area contributed by atoms with Crippen molar-refractivity contribution in [3.8, 4) is 0 Å². The van der Waals surface area contributed by atoms with E-state index in [2.05, 4.69) is 9.71 Å². The Hall–Kier alpha value is -2.72. The van der Waals surface area contributed by atoms with Crippen LogP contribution in [-0.2, 0) is 16.4 Å². The van der Waals surface area contributed by atoms with Gasteiger partial charge in [0, 0.05) is 29.4 Å². The smallest absolute Gasteiger partial charge is 0.271 e. The Morgan fingerprint density at radius 3 is 2.32 bits per heavy atom. The number of rotatable bonds is 4. The molecule has 2 aliphatic rings. The number of nitrogens with zero attached hydrogens (tertiary/aromatic N) is 2. The summed E-state index contributed by atoms with van der Waals surface area (Å²) in [6.07, 6.45) is 0.788. The fourth-order valence-electron chi connectivity index (χ4n) is 5.29. The molecule has 2 heterocycles. The van der Waals surface area contributed by atoms with Crippen LogP contribution in [0, 0.1) is 5.82 Å². The van der Waals surface area contributed by atoms with Crippen molar-refractivity contribution in [2.75, 3.05) is 11.3 Å². The lowest BCUT2D eigenvalue weighted by atomic mass is 9.69. The van der Waals surface area contributed by atoms with Crippen molar-refractivity contribution in [3.63, 3.8) is 0 Å². The van der Waals surface area contributed by atoms with Crippen molar-refractivity contribution in [2.45, 2.75) is 49.7 Å². The van der Waals surface area contributed by atoms with Crippen LogP contribution in [0.15, 0.2) is 54.7 Å². The van der Waals surface area contributed by atoms with E-state index in [0.717, 1.165) is 60.0 Å². The van der Waals surface area contributed by atoms with Gasteiger partial charge in [0.05, 0.1) is 11.1 Å². The molecule has 1 saturated carbocycles. The van der Waals surface area contributed by atoms with Gasteiger partial charge in [-0.1, -0.05) is 0 Å². The van der Waals surface area contributed by atoms with Crippen molar-refractivity contribution in [3.05, 3.63) is 71.7 Å². The molecule has 3 aromatic rings. The highest BCUT2D eigenvalue weighted by atomic mass is 32.2. The maximum atomic E-state index is 13.8. The minimum absolute atomic E-state index is 0.0917. The highest BCUT2D eigenvalue weighted by Gasteiger charge is 2.52. The zero-order valence-corrected chi connectivity index (χ0v) is 19.0. The topological polar surface area (TPSA) is 62.3 Å². The van der Waals surface area contributed by atoms with Crippen molar-refractivity contribution in [1.29, 1.82) is 0 Å². The van der Waals surface area contributed by atoms with E-state index in [4.69, 9.17) is 0 Å². The van der Waals surface area contributed by atoms with Crippen LogP contribution in [0.2, 0.25) is 0 Å². The van der Waals surface area contributed by atoms with Gasteiger partial charge in [0.25, 0.3) is 0 Å². The second-order valence-electron chi connectivity index (χ2n) is 9.06. The summed E-state index contributed by atoms with van der Waals surface area (Å²) in [6.45, 7) is 0.365. The number of hydrogen-bond donors (Lipinski definition) is 1. The van der Waals surface area contributed by atoms with Crippen LogP contribution in [0.4, 0.5) is 23.2 Å². The molecule has 1 saturated heterocycles. The van der Waals surface area contributed by atoms with Crippen LogP contribution in [0.1, 0.15) is 49.1 Å². The molecule has 5 nitrogen and oxygen atoms in total. The first-order valence-corrected chi connectivity index (χ1v) is 12.5. The minimum Gasteiger partial charge on any atom is -0.271 e.